The number of para-hydroxylation sites is 1. The summed E-state index contributed by atoms with van der Waals surface area (Å²) in [4.78, 5) is 7.89. The van der Waals surface area contributed by atoms with E-state index in [1.165, 1.54) is 14.2 Å². The lowest BCUT2D eigenvalue weighted by atomic mass is 9.97. The van der Waals surface area contributed by atoms with E-state index in [-0.39, 0.29) is 0 Å². The summed E-state index contributed by atoms with van der Waals surface area (Å²) >= 11 is 0. The summed E-state index contributed by atoms with van der Waals surface area (Å²) in [6, 6.07) is 13.2. The Bertz CT molecular complexity index is 1010. The Morgan fingerprint density at radius 3 is 2.64 bits per heavy atom. The maximum atomic E-state index is 12.9. The fraction of sp³-hybridized carbons (Fsp3) is 0.278. The monoisotopic (exact) mass is 356 g/mol. The van der Waals surface area contributed by atoms with Gasteiger partial charge in [-0.3, -0.25) is 4.98 Å². The number of rotatable bonds is 3. The van der Waals surface area contributed by atoms with Crippen molar-refractivity contribution >= 4 is 21.1 Å². The minimum atomic E-state index is -3.57. The molecule has 1 aromatic carbocycles. The van der Waals surface area contributed by atoms with Gasteiger partial charge < -0.3 is 4.98 Å². The van der Waals surface area contributed by atoms with Gasteiger partial charge in [-0.25, -0.2) is 0 Å². The number of benzene rings is 1. The van der Waals surface area contributed by atoms with E-state index >= 15 is 0 Å². The third-order valence-electron chi connectivity index (χ3n) is 4.72. The fourth-order valence-electron chi connectivity index (χ4n) is 3.51. The number of pyridine rings is 1. The molecule has 0 saturated heterocycles. The number of fused-ring (bicyclic) bond motifs is 3. The molecule has 0 radical (unpaired) electrons. The number of H-pyrrole nitrogens is 1. The van der Waals surface area contributed by atoms with Crippen molar-refractivity contribution in [1.82, 2.24) is 18.6 Å². The standard InChI is InChI=1S/C18H20N4O2S/c1-21(2)25(23,24)22-12-10-14-13-7-3-4-8-15(13)20-17(14)18(22)16-9-5-6-11-19-16/h3-9,11,18,20H,10,12H2,1-2H3/t18-/m1/s1. The number of nitrogens with zero attached hydrogens (tertiary/aromatic N) is 3. The lowest BCUT2D eigenvalue weighted by Gasteiger charge is -2.35. The lowest BCUT2D eigenvalue weighted by molar-refractivity contribution is 0.312. The van der Waals surface area contributed by atoms with Crippen molar-refractivity contribution in [3.63, 3.8) is 0 Å². The molecule has 25 heavy (non-hydrogen) atoms. The summed E-state index contributed by atoms with van der Waals surface area (Å²) in [7, 11) is -0.449. The van der Waals surface area contributed by atoms with E-state index in [2.05, 4.69) is 16.0 Å². The summed E-state index contributed by atoms with van der Waals surface area (Å²) < 4.78 is 28.6. The van der Waals surface area contributed by atoms with Crippen molar-refractivity contribution in [1.29, 1.82) is 0 Å². The molecular weight excluding hydrogens is 336 g/mol. The second-order valence-corrected chi connectivity index (χ2v) is 8.47. The summed E-state index contributed by atoms with van der Waals surface area (Å²) in [5.41, 5.74) is 3.84. The number of aromatic amines is 1. The predicted octanol–water partition coefficient (Wildman–Crippen LogP) is 2.32. The van der Waals surface area contributed by atoms with Crippen LogP contribution in [-0.4, -0.2) is 47.6 Å². The van der Waals surface area contributed by atoms with E-state index in [0.717, 1.165) is 22.3 Å². The summed E-state index contributed by atoms with van der Waals surface area (Å²) in [6.07, 6.45) is 2.38. The normalized spacial score (nSPS) is 18.6. The third kappa shape index (κ3) is 2.55. The average molecular weight is 356 g/mol. The van der Waals surface area contributed by atoms with Gasteiger partial charge >= 0.3 is 0 Å². The molecule has 7 heteroatoms. The first kappa shape index (κ1) is 16.3. The van der Waals surface area contributed by atoms with Gasteiger partial charge in [0.05, 0.1) is 5.69 Å². The number of aromatic nitrogens is 2. The second-order valence-electron chi connectivity index (χ2n) is 6.37. The molecule has 130 valence electrons. The molecule has 0 saturated carbocycles. The van der Waals surface area contributed by atoms with E-state index in [4.69, 9.17) is 0 Å². The van der Waals surface area contributed by atoms with Gasteiger partial charge in [-0.15, -0.1) is 0 Å². The highest BCUT2D eigenvalue weighted by Gasteiger charge is 2.40. The minimum Gasteiger partial charge on any atom is -0.356 e. The molecule has 0 aliphatic carbocycles. The Kier molecular flexibility index (Phi) is 3.87. The van der Waals surface area contributed by atoms with Crippen molar-refractivity contribution < 1.29 is 8.42 Å². The van der Waals surface area contributed by atoms with E-state index in [1.807, 2.05) is 36.4 Å². The van der Waals surface area contributed by atoms with Gasteiger partial charge in [-0.05, 0) is 30.2 Å². The Balaban J connectivity index is 1.95. The summed E-state index contributed by atoms with van der Waals surface area (Å²) in [5, 5.41) is 1.15. The third-order valence-corrected chi connectivity index (χ3v) is 6.62. The summed E-state index contributed by atoms with van der Waals surface area (Å²) in [6.45, 7) is 0.427. The molecule has 1 aliphatic rings. The Labute approximate surface area is 147 Å². The molecule has 1 atom stereocenters. The van der Waals surface area contributed by atoms with E-state index in [1.54, 1.807) is 20.3 Å². The zero-order chi connectivity index (χ0) is 17.6. The molecule has 2 aromatic heterocycles. The minimum absolute atomic E-state index is 0.427. The molecule has 0 amide bonds. The van der Waals surface area contributed by atoms with Crippen LogP contribution in [0.3, 0.4) is 0 Å². The highest BCUT2D eigenvalue weighted by molar-refractivity contribution is 7.86. The van der Waals surface area contributed by atoms with Gasteiger partial charge in [0.15, 0.2) is 0 Å². The SMILES string of the molecule is CN(C)S(=O)(=O)N1CCc2c([nH]c3ccccc23)[C@H]1c1ccccn1. The van der Waals surface area contributed by atoms with Crippen LogP contribution in [0.5, 0.6) is 0 Å². The molecule has 6 nitrogen and oxygen atoms in total. The zero-order valence-electron chi connectivity index (χ0n) is 14.2. The van der Waals surface area contributed by atoms with Crippen molar-refractivity contribution in [2.24, 2.45) is 0 Å². The van der Waals surface area contributed by atoms with Crippen LogP contribution in [0.1, 0.15) is 23.0 Å². The van der Waals surface area contributed by atoms with E-state index in [0.29, 0.717) is 13.0 Å². The zero-order valence-corrected chi connectivity index (χ0v) is 15.0. The topological polar surface area (TPSA) is 69.3 Å². The molecule has 0 fully saturated rings. The first-order valence-electron chi connectivity index (χ1n) is 8.20. The molecule has 3 heterocycles. The van der Waals surface area contributed by atoms with Gasteiger partial charge in [0.25, 0.3) is 10.2 Å². The molecule has 1 aliphatic heterocycles. The molecule has 3 aromatic rings. The van der Waals surface area contributed by atoms with Crippen molar-refractivity contribution in [2.45, 2.75) is 12.5 Å². The molecule has 4 rings (SSSR count). The second kappa shape index (κ2) is 5.94. The molecular formula is C18H20N4O2S. The summed E-state index contributed by atoms with van der Waals surface area (Å²) in [5.74, 6) is 0. The van der Waals surface area contributed by atoms with Crippen molar-refractivity contribution in [3.05, 3.63) is 65.6 Å². The van der Waals surface area contributed by atoms with Crippen LogP contribution in [0.4, 0.5) is 0 Å². The van der Waals surface area contributed by atoms with Crippen LogP contribution in [0.15, 0.2) is 48.7 Å². The average Bonchev–Trinajstić information content (AvgIpc) is 3.00. The van der Waals surface area contributed by atoms with Gasteiger partial charge in [-0.1, -0.05) is 24.3 Å². The number of hydrogen-bond acceptors (Lipinski definition) is 3. The largest absolute Gasteiger partial charge is 0.356 e. The maximum absolute atomic E-state index is 12.9. The van der Waals surface area contributed by atoms with Crippen molar-refractivity contribution in [2.75, 3.05) is 20.6 Å². The lowest BCUT2D eigenvalue weighted by Crippen LogP contribution is -2.46. The molecule has 1 N–H and O–H groups in total. The van der Waals surface area contributed by atoms with Crippen LogP contribution in [0, 0.1) is 0 Å². The predicted molar refractivity (Wildman–Crippen MR) is 97.4 cm³/mol. The van der Waals surface area contributed by atoms with Crippen LogP contribution in [0.2, 0.25) is 0 Å². The van der Waals surface area contributed by atoms with Crippen LogP contribution in [-0.2, 0) is 16.6 Å². The van der Waals surface area contributed by atoms with Crippen LogP contribution < -0.4 is 0 Å². The fourth-order valence-corrected chi connectivity index (χ4v) is 4.73. The maximum Gasteiger partial charge on any atom is 0.282 e. The first-order valence-corrected chi connectivity index (χ1v) is 9.59. The van der Waals surface area contributed by atoms with Gasteiger partial charge in [0.2, 0.25) is 0 Å². The van der Waals surface area contributed by atoms with Gasteiger partial charge in [0.1, 0.15) is 6.04 Å². The number of nitrogens with one attached hydrogen (secondary N) is 1. The molecule has 0 unspecified atom stereocenters. The number of hydrogen-bond donors (Lipinski definition) is 1. The first-order chi connectivity index (χ1) is 12.0. The van der Waals surface area contributed by atoms with Crippen molar-refractivity contribution in [3.8, 4) is 0 Å². The Morgan fingerprint density at radius 2 is 1.92 bits per heavy atom. The van der Waals surface area contributed by atoms with Gasteiger partial charge in [-0.2, -0.15) is 17.0 Å². The highest BCUT2D eigenvalue weighted by atomic mass is 32.2. The molecule has 0 bridgehead atoms. The van der Waals surface area contributed by atoms with E-state index < -0.39 is 16.3 Å². The Hall–Kier alpha value is -2.22. The smallest absolute Gasteiger partial charge is 0.282 e. The van der Waals surface area contributed by atoms with Gasteiger partial charge in [0, 0.05) is 43.4 Å². The van der Waals surface area contributed by atoms with Crippen LogP contribution in [0.25, 0.3) is 10.9 Å². The van der Waals surface area contributed by atoms with E-state index in [9.17, 15) is 8.42 Å². The van der Waals surface area contributed by atoms with Crippen LogP contribution >= 0.6 is 0 Å². The molecule has 0 spiro atoms. The highest BCUT2D eigenvalue weighted by Crippen LogP contribution is 2.39. The quantitative estimate of drug-likeness (QED) is 0.783. The Morgan fingerprint density at radius 1 is 1.16 bits per heavy atom.